The smallest absolute Gasteiger partial charge is 0.250 e. The Kier molecular flexibility index (Phi) is 6.14. The molecule has 0 unspecified atom stereocenters. The van der Waals surface area contributed by atoms with Crippen LogP contribution >= 0.6 is 23.2 Å². The van der Waals surface area contributed by atoms with E-state index in [1.165, 1.54) is 0 Å². The van der Waals surface area contributed by atoms with Crippen LogP contribution in [0, 0.1) is 0 Å². The Morgan fingerprint density at radius 1 is 0.844 bits per heavy atom. The van der Waals surface area contributed by atoms with Gasteiger partial charge in [-0.2, -0.15) is 20.1 Å². The molecule has 3 aromatic rings. The van der Waals surface area contributed by atoms with Crippen LogP contribution in [0.5, 0.6) is 0 Å². The molecule has 0 atom stereocenters. The van der Waals surface area contributed by atoms with E-state index in [4.69, 9.17) is 32.6 Å². The van der Waals surface area contributed by atoms with Crippen LogP contribution in [-0.2, 0) is 0 Å². The van der Waals surface area contributed by atoms with Crippen LogP contribution in [0.2, 0.25) is 10.0 Å². The second-order valence-corrected chi connectivity index (χ2v) is 8.75. The van der Waals surface area contributed by atoms with Gasteiger partial charge >= 0.3 is 0 Å². The molecule has 5 rings (SSSR count). The summed E-state index contributed by atoms with van der Waals surface area (Å²) in [5.74, 6) is 3.07. The Balaban J connectivity index is 1.33. The average Bonchev–Trinajstić information content (AvgIpc) is 3.56. The van der Waals surface area contributed by atoms with Crippen molar-refractivity contribution in [3.05, 3.63) is 46.1 Å². The number of hydrogen-bond acceptors (Lipinski definition) is 8. The number of rotatable bonds is 6. The van der Waals surface area contributed by atoms with E-state index in [2.05, 4.69) is 30.3 Å². The minimum atomic E-state index is 0.424. The van der Waals surface area contributed by atoms with Crippen LogP contribution in [-0.4, -0.2) is 47.3 Å². The molecule has 32 heavy (non-hydrogen) atoms. The lowest BCUT2D eigenvalue weighted by molar-refractivity contribution is 0.575. The van der Waals surface area contributed by atoms with E-state index in [9.17, 15) is 0 Å². The Labute approximate surface area is 196 Å². The number of nitrogens with one attached hydrogen (secondary N) is 1. The molecule has 0 spiro atoms. The Morgan fingerprint density at radius 2 is 1.44 bits per heavy atom. The van der Waals surface area contributed by atoms with Crippen molar-refractivity contribution in [3.8, 4) is 11.3 Å². The zero-order valence-corrected chi connectivity index (χ0v) is 19.0. The molecule has 1 N–H and O–H groups in total. The highest BCUT2D eigenvalue weighted by Crippen LogP contribution is 2.28. The van der Waals surface area contributed by atoms with Crippen molar-refractivity contribution >= 4 is 47.3 Å². The average molecular weight is 472 g/mol. The van der Waals surface area contributed by atoms with E-state index in [-0.39, 0.29) is 0 Å². The SMILES string of the molecule is Clc1cc(Cl)cc(-c2ccc(C=NNc3nc(N4CCCC4)nc(N4CCCC4)n3)o2)c1. The van der Waals surface area contributed by atoms with E-state index in [1.54, 1.807) is 24.4 Å². The predicted molar refractivity (Wildman–Crippen MR) is 128 cm³/mol. The van der Waals surface area contributed by atoms with Crippen molar-refractivity contribution in [2.75, 3.05) is 41.4 Å². The molecule has 2 aliphatic heterocycles. The molecule has 0 radical (unpaired) electrons. The lowest BCUT2D eigenvalue weighted by atomic mass is 10.2. The molecule has 1 aromatic carbocycles. The quantitative estimate of drug-likeness (QED) is 0.396. The Morgan fingerprint density at radius 3 is 2.03 bits per heavy atom. The molecule has 0 aliphatic carbocycles. The maximum absolute atomic E-state index is 6.09. The van der Waals surface area contributed by atoms with E-state index in [0.717, 1.165) is 57.4 Å². The molecule has 10 heteroatoms. The van der Waals surface area contributed by atoms with Crippen LogP contribution in [0.3, 0.4) is 0 Å². The lowest BCUT2D eigenvalue weighted by Gasteiger charge is -2.20. The first-order valence-electron chi connectivity index (χ1n) is 10.8. The summed E-state index contributed by atoms with van der Waals surface area (Å²) >= 11 is 12.2. The Bertz CT molecular complexity index is 1070. The number of halogens is 2. The molecule has 0 bridgehead atoms. The van der Waals surface area contributed by atoms with Gasteiger partial charge in [-0.15, -0.1) is 0 Å². The van der Waals surface area contributed by atoms with Gasteiger partial charge < -0.3 is 14.2 Å². The van der Waals surface area contributed by atoms with Gasteiger partial charge in [0.15, 0.2) is 0 Å². The number of furan rings is 1. The highest BCUT2D eigenvalue weighted by atomic mass is 35.5. The fourth-order valence-electron chi connectivity index (χ4n) is 3.95. The summed E-state index contributed by atoms with van der Waals surface area (Å²) in [7, 11) is 0. The number of hydrogen-bond donors (Lipinski definition) is 1. The van der Waals surface area contributed by atoms with Crippen molar-refractivity contribution < 1.29 is 4.42 Å². The topological polar surface area (TPSA) is 82.7 Å². The third-order valence-electron chi connectivity index (χ3n) is 5.52. The molecular formula is C22H23Cl2N7O. The van der Waals surface area contributed by atoms with E-state index in [1.807, 2.05) is 12.1 Å². The minimum Gasteiger partial charge on any atom is -0.455 e. The van der Waals surface area contributed by atoms with Crippen LogP contribution in [0.4, 0.5) is 17.8 Å². The van der Waals surface area contributed by atoms with Crippen LogP contribution in [0.1, 0.15) is 31.4 Å². The number of aromatic nitrogens is 3. The summed E-state index contributed by atoms with van der Waals surface area (Å²) in [5.41, 5.74) is 3.74. The summed E-state index contributed by atoms with van der Waals surface area (Å²) in [6.45, 7) is 3.87. The standard InChI is InChI=1S/C22H23Cl2N7O/c23-16-11-15(12-17(24)13-16)19-6-5-18(32-19)14-25-29-20-26-21(30-7-1-2-8-30)28-22(27-20)31-9-3-4-10-31/h5-6,11-14H,1-4,7-10H2,(H,26,27,28,29). The zero-order chi connectivity index (χ0) is 21.9. The van der Waals surface area contributed by atoms with Crippen LogP contribution in [0.25, 0.3) is 11.3 Å². The van der Waals surface area contributed by atoms with E-state index >= 15 is 0 Å². The molecule has 2 fully saturated rings. The first kappa shape index (κ1) is 21.0. The molecule has 8 nitrogen and oxygen atoms in total. The van der Waals surface area contributed by atoms with Crippen molar-refractivity contribution in [2.24, 2.45) is 5.10 Å². The molecule has 2 aromatic heterocycles. The van der Waals surface area contributed by atoms with E-state index in [0.29, 0.717) is 39.4 Å². The molecule has 2 saturated heterocycles. The minimum absolute atomic E-state index is 0.424. The molecule has 2 aliphatic rings. The summed E-state index contributed by atoms with van der Waals surface area (Å²) in [5, 5.41) is 5.39. The maximum atomic E-state index is 6.09. The summed E-state index contributed by atoms with van der Waals surface area (Å²) in [6, 6.07) is 8.96. The highest BCUT2D eigenvalue weighted by Gasteiger charge is 2.21. The molecule has 166 valence electrons. The summed E-state index contributed by atoms with van der Waals surface area (Å²) < 4.78 is 5.85. The van der Waals surface area contributed by atoms with Gasteiger partial charge in [0, 0.05) is 41.8 Å². The van der Waals surface area contributed by atoms with Crippen molar-refractivity contribution in [1.82, 2.24) is 15.0 Å². The fraction of sp³-hybridized carbons (Fsp3) is 0.364. The zero-order valence-electron chi connectivity index (χ0n) is 17.5. The number of hydrazone groups is 1. The van der Waals surface area contributed by atoms with Crippen molar-refractivity contribution in [1.29, 1.82) is 0 Å². The van der Waals surface area contributed by atoms with Gasteiger partial charge in [-0.25, -0.2) is 5.43 Å². The normalized spacial score (nSPS) is 16.4. The van der Waals surface area contributed by atoms with Gasteiger partial charge in [0.25, 0.3) is 0 Å². The third-order valence-corrected chi connectivity index (χ3v) is 5.96. The molecule has 0 amide bonds. The highest BCUT2D eigenvalue weighted by molar-refractivity contribution is 6.35. The summed E-state index contributed by atoms with van der Waals surface area (Å²) in [6.07, 6.45) is 6.22. The number of benzene rings is 1. The largest absolute Gasteiger partial charge is 0.455 e. The van der Waals surface area contributed by atoms with Gasteiger partial charge in [0.05, 0.1) is 6.21 Å². The van der Waals surface area contributed by atoms with Crippen LogP contribution in [0.15, 0.2) is 39.9 Å². The predicted octanol–water partition coefficient (Wildman–Crippen LogP) is 5.08. The van der Waals surface area contributed by atoms with E-state index < -0.39 is 0 Å². The molecular weight excluding hydrogens is 449 g/mol. The van der Waals surface area contributed by atoms with Crippen molar-refractivity contribution in [2.45, 2.75) is 25.7 Å². The maximum Gasteiger partial charge on any atom is 0.250 e. The van der Waals surface area contributed by atoms with Crippen molar-refractivity contribution in [3.63, 3.8) is 0 Å². The van der Waals surface area contributed by atoms with Gasteiger partial charge in [0.2, 0.25) is 17.8 Å². The second-order valence-electron chi connectivity index (χ2n) is 7.88. The monoisotopic (exact) mass is 471 g/mol. The first-order chi connectivity index (χ1) is 15.6. The van der Waals surface area contributed by atoms with Gasteiger partial charge in [-0.1, -0.05) is 23.2 Å². The van der Waals surface area contributed by atoms with Gasteiger partial charge in [0.1, 0.15) is 11.5 Å². The second kappa shape index (κ2) is 9.34. The summed E-state index contributed by atoms with van der Waals surface area (Å²) in [4.78, 5) is 18.3. The molecule has 4 heterocycles. The van der Waals surface area contributed by atoms with Crippen LogP contribution < -0.4 is 15.2 Å². The number of nitrogens with zero attached hydrogens (tertiary/aromatic N) is 6. The Hall–Kier alpha value is -2.84. The lowest BCUT2D eigenvalue weighted by Crippen LogP contribution is -2.25. The third kappa shape index (κ3) is 4.81. The molecule has 0 saturated carbocycles. The van der Waals surface area contributed by atoms with Gasteiger partial charge in [-0.3, -0.25) is 0 Å². The first-order valence-corrected chi connectivity index (χ1v) is 11.5. The fourth-order valence-corrected chi connectivity index (χ4v) is 4.47. The number of anilines is 3. The van der Waals surface area contributed by atoms with Gasteiger partial charge in [-0.05, 0) is 56.0 Å².